The maximum atomic E-state index is 5.51. The van der Waals surface area contributed by atoms with Crippen molar-refractivity contribution in [3.63, 3.8) is 0 Å². The Bertz CT molecular complexity index is 288. The number of thiophene rings is 1. The van der Waals surface area contributed by atoms with Gasteiger partial charge in [0.2, 0.25) is 0 Å². The summed E-state index contributed by atoms with van der Waals surface area (Å²) < 4.78 is 6.68. The molecule has 4 heteroatoms. The molecule has 86 valence electrons. The molecule has 1 rings (SSSR count). The van der Waals surface area contributed by atoms with E-state index in [-0.39, 0.29) is 0 Å². The number of nitrogens with zero attached hydrogens (tertiary/aromatic N) is 1. The van der Waals surface area contributed by atoms with Crippen molar-refractivity contribution in [3.05, 3.63) is 20.8 Å². The smallest absolute Gasteiger partial charge is 0.0596 e. The summed E-state index contributed by atoms with van der Waals surface area (Å²) in [5.74, 6) is 0. The third-order valence-electron chi connectivity index (χ3n) is 1.97. The van der Waals surface area contributed by atoms with E-state index >= 15 is 0 Å². The average molecular weight is 292 g/mol. The van der Waals surface area contributed by atoms with E-state index in [2.05, 4.69) is 53.2 Å². The molecule has 0 saturated heterocycles. The van der Waals surface area contributed by atoms with Gasteiger partial charge in [-0.3, -0.25) is 4.90 Å². The monoisotopic (exact) mass is 291 g/mol. The molecule has 0 aliphatic heterocycles. The predicted molar refractivity (Wildman–Crippen MR) is 69.4 cm³/mol. The van der Waals surface area contributed by atoms with Crippen LogP contribution in [0.2, 0.25) is 0 Å². The molecule has 0 bridgehead atoms. The molecule has 0 radical (unpaired) electrons. The summed E-state index contributed by atoms with van der Waals surface area (Å²) in [6.45, 7) is 6.92. The zero-order valence-electron chi connectivity index (χ0n) is 9.50. The fraction of sp³-hybridized carbons (Fsp3) is 0.636. The number of hydrogen-bond acceptors (Lipinski definition) is 3. The van der Waals surface area contributed by atoms with Gasteiger partial charge in [0.25, 0.3) is 0 Å². The number of likely N-dealkylation sites (N-methyl/N-ethyl adjacent to an activating group) is 1. The Balaban J connectivity index is 2.21. The Kier molecular flexibility index (Phi) is 5.82. The lowest BCUT2D eigenvalue weighted by molar-refractivity contribution is 0.0628. The third-order valence-corrected chi connectivity index (χ3v) is 3.65. The van der Waals surface area contributed by atoms with E-state index in [1.165, 1.54) is 9.35 Å². The average Bonchev–Trinajstić information content (AvgIpc) is 2.50. The van der Waals surface area contributed by atoms with Gasteiger partial charge in [-0.05, 0) is 42.9 Å². The summed E-state index contributed by atoms with van der Waals surface area (Å²) in [5.41, 5.74) is 0. The van der Waals surface area contributed by atoms with Crippen LogP contribution in [0, 0.1) is 0 Å². The molecule has 0 atom stereocenters. The lowest BCUT2D eigenvalue weighted by Crippen LogP contribution is -2.23. The van der Waals surface area contributed by atoms with Gasteiger partial charge in [-0.25, -0.2) is 0 Å². The highest BCUT2D eigenvalue weighted by Gasteiger charge is 2.03. The summed E-state index contributed by atoms with van der Waals surface area (Å²) in [5, 5.41) is 2.12. The summed E-state index contributed by atoms with van der Waals surface area (Å²) in [6, 6.07) is 2.17. The van der Waals surface area contributed by atoms with Crippen LogP contribution < -0.4 is 0 Å². The van der Waals surface area contributed by atoms with Crippen LogP contribution in [0.4, 0.5) is 0 Å². The van der Waals surface area contributed by atoms with Crippen LogP contribution >= 0.6 is 27.3 Å². The van der Waals surface area contributed by atoms with Crippen LogP contribution in [0.15, 0.2) is 15.9 Å². The van der Waals surface area contributed by atoms with E-state index in [4.69, 9.17) is 4.74 Å². The molecule has 0 aromatic carbocycles. The first-order valence-electron chi connectivity index (χ1n) is 5.11. The standard InChI is InChI=1S/C11H18BrNOS/c1-9(2)14-5-4-13(3)7-11-6-10(12)8-15-11/h6,8-9H,4-5,7H2,1-3H3. The number of ether oxygens (including phenoxy) is 1. The van der Waals surface area contributed by atoms with Crippen LogP contribution in [0.25, 0.3) is 0 Å². The van der Waals surface area contributed by atoms with Gasteiger partial charge in [0, 0.05) is 27.8 Å². The minimum absolute atomic E-state index is 0.328. The van der Waals surface area contributed by atoms with Gasteiger partial charge in [-0.2, -0.15) is 0 Å². The van der Waals surface area contributed by atoms with Crippen molar-refractivity contribution in [3.8, 4) is 0 Å². The van der Waals surface area contributed by atoms with Gasteiger partial charge in [0.05, 0.1) is 12.7 Å². The van der Waals surface area contributed by atoms with Gasteiger partial charge in [0.15, 0.2) is 0 Å². The van der Waals surface area contributed by atoms with Crippen LogP contribution in [0.1, 0.15) is 18.7 Å². The summed E-state index contributed by atoms with van der Waals surface area (Å²) >= 11 is 5.25. The van der Waals surface area contributed by atoms with Crippen LogP contribution in [0.3, 0.4) is 0 Å². The second kappa shape index (κ2) is 6.63. The lowest BCUT2D eigenvalue weighted by atomic mass is 10.4. The maximum absolute atomic E-state index is 5.51. The highest BCUT2D eigenvalue weighted by atomic mass is 79.9. The van der Waals surface area contributed by atoms with Crippen LogP contribution in [0.5, 0.6) is 0 Å². The first-order valence-corrected chi connectivity index (χ1v) is 6.78. The second-order valence-corrected chi connectivity index (χ2v) is 5.80. The molecule has 0 fully saturated rings. The second-order valence-electron chi connectivity index (χ2n) is 3.89. The normalized spacial score (nSPS) is 11.6. The van der Waals surface area contributed by atoms with Gasteiger partial charge in [0.1, 0.15) is 0 Å². The molecule has 0 aliphatic carbocycles. The Morgan fingerprint density at radius 1 is 1.53 bits per heavy atom. The van der Waals surface area contributed by atoms with Gasteiger partial charge < -0.3 is 4.74 Å². The zero-order chi connectivity index (χ0) is 11.3. The highest BCUT2D eigenvalue weighted by molar-refractivity contribution is 9.10. The first-order chi connectivity index (χ1) is 7.08. The van der Waals surface area contributed by atoms with Crippen LogP contribution in [-0.2, 0) is 11.3 Å². The van der Waals surface area contributed by atoms with E-state index < -0.39 is 0 Å². The molecule has 1 aromatic rings. The van der Waals surface area contributed by atoms with E-state index in [1.54, 1.807) is 11.3 Å². The largest absolute Gasteiger partial charge is 0.377 e. The van der Waals surface area contributed by atoms with Crippen molar-refractivity contribution in [2.45, 2.75) is 26.5 Å². The van der Waals surface area contributed by atoms with Crippen molar-refractivity contribution < 1.29 is 4.74 Å². The van der Waals surface area contributed by atoms with E-state index in [0.29, 0.717) is 6.10 Å². The fourth-order valence-corrected chi connectivity index (χ4v) is 2.76. The Morgan fingerprint density at radius 3 is 2.80 bits per heavy atom. The Hall–Kier alpha value is 0.1000. The Morgan fingerprint density at radius 2 is 2.27 bits per heavy atom. The molecular formula is C11H18BrNOS. The zero-order valence-corrected chi connectivity index (χ0v) is 11.9. The fourth-order valence-electron chi connectivity index (χ4n) is 1.23. The van der Waals surface area contributed by atoms with E-state index in [9.17, 15) is 0 Å². The molecule has 1 heterocycles. The molecule has 2 nitrogen and oxygen atoms in total. The molecule has 0 N–H and O–H groups in total. The van der Waals surface area contributed by atoms with Crippen molar-refractivity contribution in [1.82, 2.24) is 4.90 Å². The summed E-state index contributed by atoms with van der Waals surface area (Å²) in [6.07, 6.45) is 0.328. The Labute approximate surface area is 104 Å². The summed E-state index contributed by atoms with van der Waals surface area (Å²) in [4.78, 5) is 3.66. The van der Waals surface area contributed by atoms with Gasteiger partial charge in [-0.1, -0.05) is 0 Å². The molecule has 15 heavy (non-hydrogen) atoms. The number of halogens is 1. The molecule has 1 aromatic heterocycles. The van der Waals surface area contributed by atoms with Crippen LogP contribution in [-0.4, -0.2) is 31.2 Å². The lowest BCUT2D eigenvalue weighted by Gasteiger charge is -2.16. The van der Waals surface area contributed by atoms with Gasteiger partial charge >= 0.3 is 0 Å². The minimum Gasteiger partial charge on any atom is -0.377 e. The van der Waals surface area contributed by atoms with E-state index in [0.717, 1.165) is 19.7 Å². The minimum atomic E-state index is 0.328. The SMILES string of the molecule is CC(C)OCCN(C)Cc1cc(Br)cs1. The molecular weight excluding hydrogens is 274 g/mol. The third kappa shape index (κ3) is 5.66. The van der Waals surface area contributed by atoms with Gasteiger partial charge in [-0.15, -0.1) is 11.3 Å². The highest BCUT2D eigenvalue weighted by Crippen LogP contribution is 2.20. The number of hydrogen-bond donors (Lipinski definition) is 0. The first kappa shape index (κ1) is 13.2. The van der Waals surface area contributed by atoms with Crippen molar-refractivity contribution in [2.24, 2.45) is 0 Å². The summed E-state index contributed by atoms with van der Waals surface area (Å²) in [7, 11) is 2.12. The number of rotatable bonds is 6. The molecule has 0 amide bonds. The van der Waals surface area contributed by atoms with Crippen molar-refractivity contribution >= 4 is 27.3 Å². The molecule has 0 unspecified atom stereocenters. The molecule has 0 spiro atoms. The molecule has 0 saturated carbocycles. The molecule has 0 aliphatic rings. The van der Waals surface area contributed by atoms with Crippen molar-refractivity contribution in [2.75, 3.05) is 20.2 Å². The topological polar surface area (TPSA) is 12.5 Å². The quantitative estimate of drug-likeness (QED) is 0.797. The predicted octanol–water partition coefficient (Wildman–Crippen LogP) is 3.37. The van der Waals surface area contributed by atoms with E-state index in [1.807, 2.05) is 0 Å². The maximum Gasteiger partial charge on any atom is 0.0596 e. The van der Waals surface area contributed by atoms with Crippen molar-refractivity contribution in [1.29, 1.82) is 0 Å².